The quantitative estimate of drug-likeness (QED) is 0.563. The van der Waals surface area contributed by atoms with E-state index in [0.717, 1.165) is 54.9 Å². The number of nitrogens with one attached hydrogen (secondary N) is 1. The van der Waals surface area contributed by atoms with Crippen molar-refractivity contribution in [1.82, 2.24) is 19.9 Å². The van der Waals surface area contributed by atoms with Gasteiger partial charge >= 0.3 is 0 Å². The predicted octanol–water partition coefficient (Wildman–Crippen LogP) is 4.53. The van der Waals surface area contributed by atoms with Crippen LogP contribution in [0.1, 0.15) is 57.2 Å². The van der Waals surface area contributed by atoms with Gasteiger partial charge in [-0.3, -0.25) is 14.9 Å². The van der Waals surface area contributed by atoms with Crippen molar-refractivity contribution in [2.24, 2.45) is 10.7 Å². The van der Waals surface area contributed by atoms with Gasteiger partial charge < -0.3 is 10.7 Å². The number of rotatable bonds is 7. The molecule has 3 aromatic rings. The zero-order valence-electron chi connectivity index (χ0n) is 16.4. The van der Waals surface area contributed by atoms with Gasteiger partial charge in [-0.2, -0.15) is 0 Å². The third-order valence-electron chi connectivity index (χ3n) is 5.64. The lowest BCUT2D eigenvalue weighted by molar-refractivity contribution is 0.167. The van der Waals surface area contributed by atoms with Crippen LogP contribution >= 0.6 is 0 Å². The summed E-state index contributed by atoms with van der Waals surface area (Å²) >= 11 is 0. The number of fused-ring (bicyclic) bond motifs is 2. The summed E-state index contributed by atoms with van der Waals surface area (Å²) < 4.78 is 0. The number of hydrogen-bond donors (Lipinski definition) is 2. The Bertz CT molecular complexity index is 928. The molecule has 2 aromatic heterocycles. The van der Waals surface area contributed by atoms with E-state index >= 15 is 0 Å². The minimum absolute atomic E-state index is 0. The zero-order valence-corrected chi connectivity index (χ0v) is 16.4. The van der Waals surface area contributed by atoms with Gasteiger partial charge in [-0.25, -0.2) is 4.98 Å². The zero-order chi connectivity index (χ0) is 19.3. The second kappa shape index (κ2) is 11.0. The van der Waals surface area contributed by atoms with Crippen molar-refractivity contribution in [2.75, 3.05) is 20.1 Å². The van der Waals surface area contributed by atoms with Crippen molar-refractivity contribution in [1.29, 1.82) is 0 Å². The highest BCUT2D eigenvalue weighted by molar-refractivity contribution is 5.86. The van der Waals surface area contributed by atoms with E-state index in [1.165, 1.54) is 17.7 Å². The number of aromatic amines is 1. The molecule has 4 rings (SSSR count). The number of nitrogens with zero attached hydrogens (tertiary/aromatic N) is 4. The van der Waals surface area contributed by atoms with Crippen molar-refractivity contribution in [3.8, 4) is 0 Å². The highest BCUT2D eigenvalue weighted by atomic mass is 15.2. The van der Waals surface area contributed by atoms with Gasteiger partial charge in [0.15, 0.2) is 0 Å². The lowest BCUT2D eigenvalue weighted by Gasteiger charge is -2.34. The Balaban J connectivity index is 0.00000160. The first kappa shape index (κ1) is 23.7. The van der Waals surface area contributed by atoms with Crippen LogP contribution in [0.4, 0.5) is 0 Å². The summed E-state index contributed by atoms with van der Waals surface area (Å²) in [7, 11) is 1.82. The van der Waals surface area contributed by atoms with E-state index in [9.17, 15) is 0 Å². The number of nitrogens with two attached hydrogens (primary N) is 1. The first-order chi connectivity index (χ1) is 13.8. The fraction of sp³-hybridized carbons (Fsp3) is 0.458. The average Bonchev–Trinajstić information content (AvgIpc) is 3.15. The molecule has 0 radical (unpaired) electrons. The number of para-hydroxylation sites is 2. The number of benzene rings is 1. The molecule has 2 heterocycles. The molecular formula is C24H36N6. The Labute approximate surface area is 180 Å². The summed E-state index contributed by atoms with van der Waals surface area (Å²) in [5, 5.41) is 0. The van der Waals surface area contributed by atoms with Crippen LogP contribution in [0.3, 0.4) is 0 Å². The normalized spacial score (nSPS) is 16.1. The highest BCUT2D eigenvalue weighted by Crippen LogP contribution is 2.33. The summed E-state index contributed by atoms with van der Waals surface area (Å²) in [6.07, 6.45) is 6.20. The molecule has 30 heavy (non-hydrogen) atoms. The molecule has 0 bridgehead atoms. The molecule has 1 aliphatic rings. The monoisotopic (exact) mass is 408 g/mol. The SMILES string of the molecule is C.C.CN=C(CN)CCN(Cc1nc2ccccc2[nH]1)C1CCCc2cccnc21. The van der Waals surface area contributed by atoms with E-state index in [-0.39, 0.29) is 14.9 Å². The smallest absolute Gasteiger partial charge is 0.121 e. The highest BCUT2D eigenvalue weighted by Gasteiger charge is 2.28. The third-order valence-corrected chi connectivity index (χ3v) is 5.64. The maximum Gasteiger partial charge on any atom is 0.121 e. The molecule has 0 fully saturated rings. The molecule has 6 nitrogen and oxygen atoms in total. The first-order valence-corrected chi connectivity index (χ1v) is 10.0. The van der Waals surface area contributed by atoms with Crippen LogP contribution in [0, 0.1) is 0 Å². The van der Waals surface area contributed by atoms with Crippen LogP contribution in [-0.2, 0) is 13.0 Å². The average molecular weight is 409 g/mol. The summed E-state index contributed by atoms with van der Waals surface area (Å²) in [4.78, 5) is 19.8. The molecule has 162 valence electrons. The molecule has 0 aliphatic heterocycles. The fourth-order valence-corrected chi connectivity index (χ4v) is 4.14. The van der Waals surface area contributed by atoms with Gasteiger partial charge in [-0.15, -0.1) is 0 Å². The Hall–Kier alpha value is -2.57. The van der Waals surface area contributed by atoms with E-state index in [4.69, 9.17) is 15.7 Å². The predicted molar refractivity (Wildman–Crippen MR) is 127 cm³/mol. The van der Waals surface area contributed by atoms with Crippen LogP contribution < -0.4 is 5.73 Å². The number of aliphatic imine (C=N–C) groups is 1. The topological polar surface area (TPSA) is 83.2 Å². The van der Waals surface area contributed by atoms with Crippen molar-refractivity contribution in [3.05, 3.63) is 59.7 Å². The third kappa shape index (κ3) is 5.12. The standard InChI is InChI=1S/C22H28N6.2CH4/c1-24-17(14-23)11-13-28(15-21-26-18-8-2-3-9-19(18)27-21)20-10-4-6-16-7-5-12-25-22(16)20;;/h2-3,5,7-9,12,20H,4,6,10-11,13-15,23H2,1H3,(H,26,27);2*1H4. The van der Waals surface area contributed by atoms with Crippen molar-refractivity contribution in [3.63, 3.8) is 0 Å². The first-order valence-electron chi connectivity index (χ1n) is 10.0. The van der Waals surface area contributed by atoms with E-state index < -0.39 is 0 Å². The molecule has 0 saturated heterocycles. The number of aromatic nitrogens is 3. The van der Waals surface area contributed by atoms with Crippen molar-refractivity contribution in [2.45, 2.75) is 53.1 Å². The molecule has 1 atom stereocenters. The number of imidazole rings is 1. The van der Waals surface area contributed by atoms with E-state index in [1.54, 1.807) is 0 Å². The Morgan fingerprint density at radius 2 is 2.07 bits per heavy atom. The molecule has 1 aromatic carbocycles. The van der Waals surface area contributed by atoms with Crippen LogP contribution in [0.25, 0.3) is 11.0 Å². The Morgan fingerprint density at radius 3 is 2.83 bits per heavy atom. The number of hydrogen-bond acceptors (Lipinski definition) is 5. The van der Waals surface area contributed by atoms with Gasteiger partial charge in [0.25, 0.3) is 0 Å². The van der Waals surface area contributed by atoms with E-state index in [0.29, 0.717) is 12.6 Å². The number of aryl methyl sites for hydroxylation is 1. The van der Waals surface area contributed by atoms with Crippen LogP contribution in [0.15, 0.2) is 47.6 Å². The fourth-order valence-electron chi connectivity index (χ4n) is 4.14. The molecule has 6 heteroatoms. The van der Waals surface area contributed by atoms with Gasteiger partial charge in [-0.1, -0.05) is 33.1 Å². The van der Waals surface area contributed by atoms with Crippen LogP contribution in [0.5, 0.6) is 0 Å². The summed E-state index contributed by atoms with van der Waals surface area (Å²) in [6, 6.07) is 12.7. The second-order valence-corrected chi connectivity index (χ2v) is 7.37. The van der Waals surface area contributed by atoms with Crippen molar-refractivity contribution < 1.29 is 0 Å². The summed E-state index contributed by atoms with van der Waals surface area (Å²) in [5.41, 5.74) is 11.6. The molecule has 3 N–H and O–H groups in total. The molecule has 1 unspecified atom stereocenters. The maximum atomic E-state index is 5.85. The Morgan fingerprint density at radius 1 is 1.23 bits per heavy atom. The van der Waals surface area contributed by atoms with Crippen LogP contribution in [-0.4, -0.2) is 45.7 Å². The summed E-state index contributed by atoms with van der Waals surface area (Å²) in [5.74, 6) is 0.993. The minimum atomic E-state index is 0. The van der Waals surface area contributed by atoms with Gasteiger partial charge in [0.05, 0.1) is 29.3 Å². The van der Waals surface area contributed by atoms with E-state index in [1.807, 2.05) is 37.5 Å². The summed E-state index contributed by atoms with van der Waals surface area (Å²) in [6.45, 7) is 2.16. The second-order valence-electron chi connectivity index (χ2n) is 7.37. The molecular weight excluding hydrogens is 372 g/mol. The Kier molecular flexibility index (Phi) is 8.69. The van der Waals surface area contributed by atoms with Gasteiger partial charge in [0, 0.05) is 32.0 Å². The molecule has 0 saturated carbocycles. The minimum Gasteiger partial charge on any atom is -0.341 e. The van der Waals surface area contributed by atoms with Gasteiger partial charge in [0.1, 0.15) is 5.82 Å². The lowest BCUT2D eigenvalue weighted by Crippen LogP contribution is -2.34. The lowest BCUT2D eigenvalue weighted by atomic mass is 9.90. The molecule has 0 spiro atoms. The van der Waals surface area contributed by atoms with Crippen LogP contribution in [0.2, 0.25) is 0 Å². The van der Waals surface area contributed by atoms with E-state index in [2.05, 4.69) is 27.0 Å². The van der Waals surface area contributed by atoms with Gasteiger partial charge in [0.2, 0.25) is 0 Å². The molecule has 0 amide bonds. The number of pyridine rings is 1. The van der Waals surface area contributed by atoms with Gasteiger partial charge in [-0.05, 0) is 49.4 Å². The van der Waals surface area contributed by atoms with Crippen molar-refractivity contribution >= 4 is 16.7 Å². The molecule has 1 aliphatic carbocycles. The maximum absolute atomic E-state index is 5.85. The number of H-pyrrole nitrogens is 1. The largest absolute Gasteiger partial charge is 0.341 e.